The Bertz CT molecular complexity index is 741. The fourth-order valence-corrected chi connectivity index (χ4v) is 2.41. The highest BCUT2D eigenvalue weighted by molar-refractivity contribution is 9.10. The summed E-state index contributed by atoms with van der Waals surface area (Å²) in [6.07, 6.45) is 5.17. The lowest BCUT2D eigenvalue weighted by Crippen LogP contribution is -2.18. The summed E-state index contributed by atoms with van der Waals surface area (Å²) >= 11 is 3.24. The van der Waals surface area contributed by atoms with E-state index in [9.17, 15) is 4.79 Å². The van der Waals surface area contributed by atoms with Crippen LogP contribution in [-0.2, 0) is 7.05 Å². The van der Waals surface area contributed by atoms with Gasteiger partial charge in [0.2, 0.25) is 0 Å². The van der Waals surface area contributed by atoms with Crippen LogP contribution in [0, 0.1) is 19.3 Å². The van der Waals surface area contributed by atoms with Crippen molar-refractivity contribution in [1.82, 2.24) is 4.57 Å². The number of terminal acetylenes is 1. The number of pyridine rings is 1. The Labute approximate surface area is 126 Å². The molecule has 2 rings (SSSR count). The Morgan fingerprint density at radius 1 is 1.35 bits per heavy atom. The van der Waals surface area contributed by atoms with Gasteiger partial charge in [0.15, 0.2) is 0 Å². The van der Waals surface area contributed by atoms with E-state index in [4.69, 9.17) is 11.2 Å². The van der Waals surface area contributed by atoms with E-state index in [1.54, 1.807) is 17.7 Å². The van der Waals surface area contributed by atoms with E-state index in [1.807, 2.05) is 31.2 Å². The molecule has 0 unspecified atom stereocenters. The first kappa shape index (κ1) is 14.4. The van der Waals surface area contributed by atoms with Crippen molar-refractivity contribution in [3.63, 3.8) is 0 Å². The molecular formula is C16H14BrNO2. The topological polar surface area (TPSA) is 31.2 Å². The first-order valence-electron chi connectivity index (χ1n) is 6.07. The predicted molar refractivity (Wildman–Crippen MR) is 83.9 cm³/mol. The number of aromatic nitrogens is 1. The second-order valence-electron chi connectivity index (χ2n) is 4.40. The highest BCUT2D eigenvalue weighted by atomic mass is 79.9. The van der Waals surface area contributed by atoms with Gasteiger partial charge >= 0.3 is 0 Å². The molecule has 0 atom stereocenters. The molecule has 0 bridgehead atoms. The van der Waals surface area contributed by atoms with Crippen molar-refractivity contribution >= 4 is 15.9 Å². The minimum absolute atomic E-state index is 0.0606. The van der Waals surface area contributed by atoms with E-state index in [1.165, 1.54) is 0 Å². The first-order valence-corrected chi connectivity index (χ1v) is 6.86. The van der Waals surface area contributed by atoms with E-state index < -0.39 is 0 Å². The number of nitrogens with zero attached hydrogens (tertiary/aromatic N) is 1. The number of ether oxygens (including phenoxy) is 1. The second-order valence-corrected chi connectivity index (χ2v) is 5.25. The minimum Gasteiger partial charge on any atom is -0.481 e. The van der Waals surface area contributed by atoms with E-state index in [2.05, 4.69) is 21.9 Å². The lowest BCUT2D eigenvalue weighted by molar-refractivity contribution is 0.370. The van der Waals surface area contributed by atoms with Crippen LogP contribution < -0.4 is 10.3 Å². The molecule has 0 aliphatic carbocycles. The Morgan fingerprint density at radius 2 is 2.10 bits per heavy atom. The van der Waals surface area contributed by atoms with Gasteiger partial charge in [0.1, 0.15) is 12.4 Å². The van der Waals surface area contributed by atoms with Crippen LogP contribution in [0.4, 0.5) is 0 Å². The zero-order valence-electron chi connectivity index (χ0n) is 11.3. The molecule has 1 aromatic carbocycles. The third-order valence-electron chi connectivity index (χ3n) is 3.05. The van der Waals surface area contributed by atoms with Crippen molar-refractivity contribution in [1.29, 1.82) is 0 Å². The molecule has 0 aliphatic rings. The van der Waals surface area contributed by atoms with E-state index in [-0.39, 0.29) is 12.2 Å². The van der Waals surface area contributed by atoms with Crippen LogP contribution in [0.1, 0.15) is 5.56 Å². The summed E-state index contributed by atoms with van der Waals surface area (Å²) in [7, 11) is 1.75. The van der Waals surface area contributed by atoms with Crippen LogP contribution in [0.15, 0.2) is 39.6 Å². The summed E-state index contributed by atoms with van der Waals surface area (Å²) < 4.78 is 7.56. The quantitative estimate of drug-likeness (QED) is 0.809. The fourth-order valence-electron chi connectivity index (χ4n) is 2.01. The normalized spacial score (nSPS) is 10.1. The van der Waals surface area contributed by atoms with Crippen molar-refractivity contribution in [2.75, 3.05) is 6.61 Å². The van der Waals surface area contributed by atoms with Gasteiger partial charge in [-0.2, -0.15) is 0 Å². The van der Waals surface area contributed by atoms with Crippen molar-refractivity contribution in [3.05, 3.63) is 50.7 Å². The maximum atomic E-state index is 12.0. The minimum atomic E-state index is -0.0606. The molecule has 102 valence electrons. The van der Waals surface area contributed by atoms with Crippen molar-refractivity contribution in [3.8, 4) is 29.4 Å². The first-order chi connectivity index (χ1) is 9.54. The monoisotopic (exact) mass is 331 g/mol. The molecule has 0 saturated carbocycles. The van der Waals surface area contributed by atoms with Crippen molar-refractivity contribution < 1.29 is 4.74 Å². The van der Waals surface area contributed by atoms with Gasteiger partial charge in [-0.3, -0.25) is 4.79 Å². The van der Waals surface area contributed by atoms with Crippen molar-refractivity contribution in [2.45, 2.75) is 6.92 Å². The molecule has 0 N–H and O–H groups in total. The molecule has 0 amide bonds. The SMILES string of the molecule is C#CCOc1ccc(-c2ccc(Br)c(=O)n2C)c(C)c1. The maximum absolute atomic E-state index is 12.0. The molecule has 2 aromatic rings. The molecule has 3 nitrogen and oxygen atoms in total. The average Bonchev–Trinajstić information content (AvgIpc) is 2.44. The molecule has 0 aliphatic heterocycles. The van der Waals surface area contributed by atoms with Crippen LogP contribution in [0.3, 0.4) is 0 Å². The summed E-state index contributed by atoms with van der Waals surface area (Å²) in [6, 6.07) is 9.38. The van der Waals surface area contributed by atoms with E-state index >= 15 is 0 Å². The average molecular weight is 332 g/mol. The Morgan fingerprint density at radius 3 is 2.75 bits per heavy atom. The van der Waals surface area contributed by atoms with E-state index in [0.717, 1.165) is 22.6 Å². The van der Waals surface area contributed by atoms with E-state index in [0.29, 0.717) is 4.47 Å². The predicted octanol–water partition coefficient (Wildman–Crippen LogP) is 3.14. The van der Waals surface area contributed by atoms with Crippen LogP contribution in [-0.4, -0.2) is 11.2 Å². The third kappa shape index (κ3) is 2.78. The summed E-state index contributed by atoms with van der Waals surface area (Å²) in [5, 5.41) is 0. The Kier molecular flexibility index (Phi) is 4.31. The number of halogens is 1. The third-order valence-corrected chi connectivity index (χ3v) is 3.66. The summed E-state index contributed by atoms with van der Waals surface area (Å²) in [6.45, 7) is 2.22. The summed E-state index contributed by atoms with van der Waals surface area (Å²) in [5.74, 6) is 3.16. The number of aryl methyl sites for hydroxylation is 1. The van der Waals surface area contributed by atoms with Gasteiger partial charge in [-0.15, -0.1) is 6.42 Å². The van der Waals surface area contributed by atoms with Crippen molar-refractivity contribution in [2.24, 2.45) is 7.05 Å². The van der Waals surface area contributed by atoms with Crippen LogP contribution in [0.2, 0.25) is 0 Å². The summed E-state index contributed by atoms with van der Waals surface area (Å²) in [5.41, 5.74) is 2.82. The molecule has 1 aromatic heterocycles. The lowest BCUT2D eigenvalue weighted by atomic mass is 10.0. The highest BCUT2D eigenvalue weighted by Crippen LogP contribution is 2.26. The zero-order valence-corrected chi connectivity index (χ0v) is 12.9. The highest BCUT2D eigenvalue weighted by Gasteiger charge is 2.09. The maximum Gasteiger partial charge on any atom is 0.265 e. The van der Waals surface area contributed by atoms with Crippen LogP contribution in [0.5, 0.6) is 5.75 Å². The number of benzene rings is 1. The van der Waals surface area contributed by atoms with Crippen LogP contribution >= 0.6 is 15.9 Å². The van der Waals surface area contributed by atoms with Gasteiger partial charge in [-0.05, 0) is 58.7 Å². The molecule has 0 saturated heterocycles. The number of hydrogen-bond donors (Lipinski definition) is 0. The van der Waals surface area contributed by atoms with Gasteiger partial charge in [-0.1, -0.05) is 5.92 Å². The zero-order chi connectivity index (χ0) is 14.7. The molecular weight excluding hydrogens is 318 g/mol. The summed E-state index contributed by atoms with van der Waals surface area (Å²) in [4.78, 5) is 12.0. The fraction of sp³-hybridized carbons (Fsp3) is 0.188. The largest absolute Gasteiger partial charge is 0.481 e. The molecule has 0 radical (unpaired) electrons. The van der Waals surface area contributed by atoms with Gasteiger partial charge in [0.25, 0.3) is 5.56 Å². The lowest BCUT2D eigenvalue weighted by Gasteiger charge is -2.12. The smallest absolute Gasteiger partial charge is 0.265 e. The molecule has 0 spiro atoms. The molecule has 20 heavy (non-hydrogen) atoms. The van der Waals surface area contributed by atoms with Crippen LogP contribution in [0.25, 0.3) is 11.3 Å². The number of hydrogen-bond acceptors (Lipinski definition) is 2. The molecule has 0 fully saturated rings. The van der Waals surface area contributed by atoms with Gasteiger partial charge in [0.05, 0.1) is 10.2 Å². The van der Waals surface area contributed by atoms with Gasteiger partial charge < -0.3 is 9.30 Å². The Hall–Kier alpha value is -1.99. The van der Waals surface area contributed by atoms with Gasteiger partial charge in [0, 0.05) is 12.6 Å². The standard InChI is InChI=1S/C16H14BrNO2/c1-4-9-20-12-5-6-13(11(2)10-12)15-8-7-14(17)16(19)18(15)3/h1,5-8,10H,9H2,2-3H3. The number of rotatable bonds is 3. The Balaban J connectivity index is 2.47. The molecule has 4 heteroatoms. The van der Waals surface area contributed by atoms with Gasteiger partial charge in [-0.25, -0.2) is 0 Å². The molecule has 1 heterocycles. The second kappa shape index (κ2) is 5.98.